The lowest BCUT2D eigenvalue weighted by Gasteiger charge is -2.35. The summed E-state index contributed by atoms with van der Waals surface area (Å²) in [6, 6.07) is 28.6. The fourth-order valence-electron chi connectivity index (χ4n) is 5.53. The van der Waals surface area contributed by atoms with Gasteiger partial charge in [0.25, 0.3) is 0 Å². The first kappa shape index (κ1) is 37.6. The Morgan fingerprint density at radius 3 is 1.80 bits per heavy atom. The van der Waals surface area contributed by atoms with Crippen LogP contribution in [0.1, 0.15) is 59.9 Å². The third-order valence-corrected chi connectivity index (χ3v) is 9.22. The van der Waals surface area contributed by atoms with Crippen LogP contribution in [0.15, 0.2) is 103 Å². The number of benzene rings is 4. The Hall–Kier alpha value is -4.20. The maximum Gasteiger partial charge on any atom is 0.460 e. The first-order valence-electron chi connectivity index (χ1n) is 15.0. The van der Waals surface area contributed by atoms with Crippen molar-refractivity contribution in [1.82, 2.24) is 0 Å². The van der Waals surface area contributed by atoms with Crippen molar-refractivity contribution in [3.05, 3.63) is 131 Å². The third-order valence-electron chi connectivity index (χ3n) is 7.93. The summed E-state index contributed by atoms with van der Waals surface area (Å²) in [7, 11) is -7.06. The van der Waals surface area contributed by atoms with Crippen molar-refractivity contribution in [2.45, 2.75) is 68.4 Å². The normalized spacial score (nSPS) is 17.0. The zero-order valence-corrected chi connectivity index (χ0v) is 26.9. The first-order valence-corrected chi connectivity index (χ1v) is 16.5. The highest BCUT2D eigenvalue weighted by atomic mass is 32.2. The summed E-state index contributed by atoms with van der Waals surface area (Å²) in [5.41, 5.74) is 4.28. The van der Waals surface area contributed by atoms with Crippen LogP contribution in [0, 0.1) is 0 Å². The van der Waals surface area contributed by atoms with Gasteiger partial charge in [0.05, 0.1) is 0 Å². The van der Waals surface area contributed by atoms with Crippen molar-refractivity contribution >= 4 is 10.1 Å². The van der Waals surface area contributed by atoms with Crippen LogP contribution in [0.3, 0.4) is 0 Å². The van der Waals surface area contributed by atoms with E-state index in [0.29, 0.717) is 30.8 Å². The predicted molar refractivity (Wildman–Crippen MR) is 165 cm³/mol. The van der Waals surface area contributed by atoms with E-state index < -0.39 is 39.1 Å². The van der Waals surface area contributed by atoms with E-state index in [0.717, 1.165) is 34.4 Å². The van der Waals surface area contributed by atoms with Crippen molar-refractivity contribution in [1.29, 1.82) is 0 Å². The van der Waals surface area contributed by atoms with Gasteiger partial charge in [-0.3, -0.25) is 0 Å². The SMILES string of the molecule is CC.O=S(=O)(Oc1ccc(C2c3ccc(OCc4ccccc4)cc3CCC2c2ccccc2)cc1)C(F)(F)C(F)(F)C(F)(F)C(F)(F)F. The molecule has 4 aromatic rings. The minimum Gasteiger partial charge on any atom is -0.489 e. The summed E-state index contributed by atoms with van der Waals surface area (Å²) in [4.78, 5) is 0. The quantitative estimate of drug-likeness (QED) is 0.121. The number of hydrogen-bond donors (Lipinski definition) is 0. The van der Waals surface area contributed by atoms with Crippen LogP contribution >= 0.6 is 0 Å². The Labute approximate surface area is 277 Å². The van der Waals surface area contributed by atoms with Crippen LogP contribution < -0.4 is 8.92 Å². The average Bonchev–Trinajstić information content (AvgIpc) is 3.08. The number of aryl methyl sites for hydroxylation is 1. The molecule has 0 aliphatic heterocycles. The minimum absolute atomic E-state index is 0.122. The molecule has 2 unspecified atom stereocenters. The molecule has 0 fully saturated rings. The maximum atomic E-state index is 14.2. The standard InChI is InChI=1S/C33H25F9O4S.C2H6/c34-30(35,32(38,39)40)31(36,37)33(41,42)47(43,44)46-25-14-11-23(12-15-25)29-27(22-9-5-2-6-10-22)17-13-24-19-26(16-18-28(24)29)45-20-21-7-3-1-4-8-21;1-2/h1-12,14-16,18-19,27,29H,13,17,20H2;1-2H3. The average molecular weight is 719 g/mol. The van der Waals surface area contributed by atoms with Gasteiger partial charge in [-0.05, 0) is 70.8 Å². The Balaban J connectivity index is 0.00000265. The van der Waals surface area contributed by atoms with Gasteiger partial charge in [0.1, 0.15) is 18.1 Å². The molecule has 0 N–H and O–H groups in total. The molecule has 0 saturated heterocycles. The molecular formula is C35H31F9O4S. The van der Waals surface area contributed by atoms with Crippen LogP contribution in [0.2, 0.25) is 0 Å². The largest absolute Gasteiger partial charge is 0.489 e. The molecule has 4 nitrogen and oxygen atoms in total. The van der Waals surface area contributed by atoms with Crippen molar-refractivity contribution in [2.24, 2.45) is 0 Å². The van der Waals surface area contributed by atoms with Crippen LogP contribution in [0.25, 0.3) is 0 Å². The van der Waals surface area contributed by atoms with Crippen LogP contribution in [0.4, 0.5) is 39.5 Å². The highest BCUT2D eigenvalue weighted by Crippen LogP contribution is 2.55. The molecule has 49 heavy (non-hydrogen) atoms. The van der Waals surface area contributed by atoms with E-state index >= 15 is 0 Å². The second kappa shape index (κ2) is 14.3. The lowest BCUT2D eigenvalue weighted by molar-refractivity contribution is -0.382. The van der Waals surface area contributed by atoms with Crippen molar-refractivity contribution in [3.63, 3.8) is 0 Å². The molecule has 5 rings (SSSR count). The van der Waals surface area contributed by atoms with Gasteiger partial charge in [0.15, 0.2) is 0 Å². The second-order valence-electron chi connectivity index (χ2n) is 10.9. The summed E-state index contributed by atoms with van der Waals surface area (Å²) < 4.78 is 154. The second-order valence-corrected chi connectivity index (χ2v) is 12.5. The summed E-state index contributed by atoms with van der Waals surface area (Å²) in [6.45, 7) is 4.33. The van der Waals surface area contributed by atoms with Gasteiger partial charge in [-0.25, -0.2) is 0 Å². The summed E-state index contributed by atoms with van der Waals surface area (Å²) >= 11 is 0. The lowest BCUT2D eigenvalue weighted by atomic mass is 9.69. The molecule has 0 bridgehead atoms. The zero-order valence-electron chi connectivity index (χ0n) is 26.0. The third kappa shape index (κ3) is 7.38. The number of fused-ring (bicyclic) bond motifs is 1. The molecule has 14 heteroatoms. The lowest BCUT2D eigenvalue weighted by Crippen LogP contribution is -2.63. The molecule has 0 radical (unpaired) electrons. The van der Waals surface area contributed by atoms with E-state index in [4.69, 9.17) is 4.74 Å². The number of rotatable bonds is 10. The fraction of sp³-hybridized carbons (Fsp3) is 0.314. The van der Waals surface area contributed by atoms with Gasteiger partial charge >= 0.3 is 33.4 Å². The number of hydrogen-bond acceptors (Lipinski definition) is 4. The molecule has 2 atom stereocenters. The highest BCUT2D eigenvalue weighted by molar-refractivity contribution is 7.88. The van der Waals surface area contributed by atoms with Gasteiger partial charge in [-0.15, -0.1) is 0 Å². The summed E-state index contributed by atoms with van der Waals surface area (Å²) in [6.07, 6.45) is -5.86. The van der Waals surface area contributed by atoms with E-state index in [1.807, 2.05) is 86.6 Å². The van der Waals surface area contributed by atoms with Crippen LogP contribution in [0.5, 0.6) is 11.5 Å². The Kier molecular flexibility index (Phi) is 11.0. The number of ether oxygens (including phenoxy) is 1. The van der Waals surface area contributed by atoms with E-state index in [-0.39, 0.29) is 11.8 Å². The Morgan fingerprint density at radius 1 is 0.673 bits per heavy atom. The van der Waals surface area contributed by atoms with E-state index in [1.165, 1.54) is 12.1 Å². The van der Waals surface area contributed by atoms with E-state index in [2.05, 4.69) is 4.18 Å². The van der Waals surface area contributed by atoms with Crippen LogP contribution in [-0.4, -0.2) is 31.7 Å². The van der Waals surface area contributed by atoms with Gasteiger partial charge in [0, 0.05) is 5.92 Å². The zero-order chi connectivity index (χ0) is 36.3. The van der Waals surface area contributed by atoms with Crippen molar-refractivity contribution in [2.75, 3.05) is 0 Å². The van der Waals surface area contributed by atoms with Gasteiger partial charge in [0.2, 0.25) is 0 Å². The summed E-state index contributed by atoms with van der Waals surface area (Å²) in [5, 5.41) is -6.96. The molecule has 1 aliphatic rings. The number of alkyl halides is 9. The molecule has 1 aliphatic carbocycles. The maximum absolute atomic E-state index is 14.2. The fourth-order valence-corrected chi connectivity index (χ4v) is 6.44. The molecule has 0 spiro atoms. The topological polar surface area (TPSA) is 52.6 Å². The number of halogens is 9. The van der Waals surface area contributed by atoms with Crippen molar-refractivity contribution < 1.29 is 56.9 Å². The molecule has 4 aromatic carbocycles. The van der Waals surface area contributed by atoms with Gasteiger partial charge in [-0.1, -0.05) is 92.7 Å². The molecule has 0 heterocycles. The summed E-state index contributed by atoms with van der Waals surface area (Å²) in [5.74, 6) is -15.7. The molecule has 0 amide bonds. The Bertz CT molecular complexity index is 1800. The van der Waals surface area contributed by atoms with Gasteiger partial charge in [-0.2, -0.15) is 47.9 Å². The molecule has 0 aromatic heterocycles. The van der Waals surface area contributed by atoms with E-state index in [1.54, 1.807) is 6.07 Å². The Morgan fingerprint density at radius 2 is 1.22 bits per heavy atom. The van der Waals surface area contributed by atoms with Crippen molar-refractivity contribution in [3.8, 4) is 11.5 Å². The van der Waals surface area contributed by atoms with E-state index in [9.17, 15) is 47.9 Å². The minimum atomic E-state index is -7.39. The highest BCUT2D eigenvalue weighted by Gasteiger charge is 2.86. The molecule has 0 saturated carbocycles. The first-order chi connectivity index (χ1) is 23.0. The molecular weight excluding hydrogens is 687 g/mol. The monoisotopic (exact) mass is 718 g/mol. The van der Waals surface area contributed by atoms with Gasteiger partial charge < -0.3 is 8.92 Å². The predicted octanol–water partition coefficient (Wildman–Crippen LogP) is 10.3. The van der Waals surface area contributed by atoms with Crippen LogP contribution in [-0.2, 0) is 23.1 Å². The molecule has 264 valence electrons. The smallest absolute Gasteiger partial charge is 0.460 e.